The fourth-order valence-corrected chi connectivity index (χ4v) is 2.98. The van der Waals surface area contributed by atoms with Gasteiger partial charge in [0.15, 0.2) is 0 Å². The lowest BCUT2D eigenvalue weighted by Gasteiger charge is -2.31. The highest BCUT2D eigenvalue weighted by Crippen LogP contribution is 2.22. The minimum atomic E-state index is -0.436. The Morgan fingerprint density at radius 3 is 2.79 bits per heavy atom. The summed E-state index contributed by atoms with van der Waals surface area (Å²) in [6.07, 6.45) is 2.74. The van der Waals surface area contributed by atoms with Crippen molar-refractivity contribution in [2.75, 3.05) is 18.0 Å². The summed E-state index contributed by atoms with van der Waals surface area (Å²) in [7, 11) is 0. The van der Waals surface area contributed by atoms with Crippen molar-refractivity contribution >= 4 is 22.7 Å². The molecule has 0 aromatic carbocycles. The van der Waals surface area contributed by atoms with Gasteiger partial charge >= 0.3 is 6.03 Å². The molecule has 0 spiro atoms. The Morgan fingerprint density at radius 2 is 2.21 bits per heavy atom. The van der Waals surface area contributed by atoms with Gasteiger partial charge in [0.2, 0.25) is 5.13 Å². The van der Waals surface area contributed by atoms with Crippen LogP contribution < -0.4 is 16.0 Å². The van der Waals surface area contributed by atoms with Gasteiger partial charge in [-0.3, -0.25) is 0 Å². The molecule has 3 N–H and O–H groups in total. The maximum atomic E-state index is 10.8. The van der Waals surface area contributed by atoms with E-state index >= 15 is 0 Å². The summed E-state index contributed by atoms with van der Waals surface area (Å²) in [5.41, 5.74) is 5.13. The molecule has 1 aliphatic heterocycles. The second-order valence-electron chi connectivity index (χ2n) is 5.36. The number of rotatable bonds is 4. The third-order valence-electron chi connectivity index (χ3n) is 3.16. The molecule has 1 aliphatic rings. The van der Waals surface area contributed by atoms with E-state index in [1.807, 2.05) is 0 Å². The smallest absolute Gasteiger partial charge is 0.312 e. The predicted octanol–water partition coefficient (Wildman–Crippen LogP) is 1.37. The third kappa shape index (κ3) is 4.05. The van der Waals surface area contributed by atoms with E-state index in [4.69, 9.17) is 5.73 Å². The van der Waals surface area contributed by atoms with Crippen molar-refractivity contribution in [2.45, 2.75) is 39.2 Å². The first kappa shape index (κ1) is 14.0. The van der Waals surface area contributed by atoms with Crippen molar-refractivity contribution in [2.24, 2.45) is 11.7 Å². The van der Waals surface area contributed by atoms with Gasteiger partial charge in [0.05, 0.1) is 0 Å². The van der Waals surface area contributed by atoms with Crippen LogP contribution in [-0.2, 0) is 6.42 Å². The predicted molar refractivity (Wildman–Crippen MR) is 76.4 cm³/mol. The average molecular weight is 283 g/mol. The maximum absolute atomic E-state index is 10.8. The summed E-state index contributed by atoms with van der Waals surface area (Å²) in [6.45, 7) is 6.12. The summed E-state index contributed by atoms with van der Waals surface area (Å²) < 4.78 is 4.40. The van der Waals surface area contributed by atoms with Crippen molar-refractivity contribution in [1.29, 1.82) is 0 Å². The first-order valence-corrected chi connectivity index (χ1v) is 7.45. The molecule has 6 nitrogen and oxygen atoms in total. The Balaban J connectivity index is 1.87. The van der Waals surface area contributed by atoms with Crippen LogP contribution in [0.5, 0.6) is 0 Å². The summed E-state index contributed by atoms with van der Waals surface area (Å²) in [6, 6.07) is -0.245. The number of carbonyl (C=O) groups excluding carboxylic acids is 1. The first-order chi connectivity index (χ1) is 9.04. The van der Waals surface area contributed by atoms with Gasteiger partial charge in [0.25, 0.3) is 0 Å². The standard InChI is InChI=1S/C12H21N5OS/c1-8(2)7-10-15-12(19-16-10)17-5-3-9(4-6-17)14-11(13)18/h8-9H,3-7H2,1-2H3,(H3,13,14,18). The van der Waals surface area contributed by atoms with Gasteiger partial charge < -0.3 is 16.0 Å². The van der Waals surface area contributed by atoms with E-state index in [-0.39, 0.29) is 6.04 Å². The number of nitrogens with one attached hydrogen (secondary N) is 1. The van der Waals surface area contributed by atoms with Crippen LogP contribution in [0.1, 0.15) is 32.5 Å². The van der Waals surface area contributed by atoms with Crippen molar-refractivity contribution in [3.05, 3.63) is 5.82 Å². The molecule has 0 aliphatic carbocycles. The lowest BCUT2D eigenvalue weighted by Crippen LogP contribution is -2.46. The van der Waals surface area contributed by atoms with Crippen LogP contribution in [0.4, 0.5) is 9.93 Å². The molecular weight excluding hydrogens is 262 g/mol. The van der Waals surface area contributed by atoms with E-state index < -0.39 is 6.03 Å². The zero-order valence-electron chi connectivity index (χ0n) is 11.4. The van der Waals surface area contributed by atoms with Crippen LogP contribution in [0.3, 0.4) is 0 Å². The molecule has 0 radical (unpaired) electrons. The zero-order chi connectivity index (χ0) is 13.8. The Morgan fingerprint density at radius 1 is 1.53 bits per heavy atom. The number of nitrogens with zero attached hydrogens (tertiary/aromatic N) is 3. The fourth-order valence-electron chi connectivity index (χ4n) is 2.24. The Kier molecular flexibility index (Phi) is 4.57. The molecule has 0 saturated carbocycles. The van der Waals surface area contributed by atoms with E-state index in [0.29, 0.717) is 5.92 Å². The van der Waals surface area contributed by atoms with Crippen LogP contribution in [0.25, 0.3) is 0 Å². The van der Waals surface area contributed by atoms with Gasteiger partial charge in [-0.2, -0.15) is 4.37 Å². The lowest BCUT2D eigenvalue weighted by atomic mass is 10.1. The second-order valence-corrected chi connectivity index (χ2v) is 6.09. The molecule has 1 saturated heterocycles. The number of carbonyl (C=O) groups is 1. The lowest BCUT2D eigenvalue weighted by molar-refractivity contribution is 0.242. The largest absolute Gasteiger partial charge is 0.352 e. The third-order valence-corrected chi connectivity index (χ3v) is 3.97. The molecule has 0 atom stereocenters. The SMILES string of the molecule is CC(C)Cc1nsc(N2CCC(NC(N)=O)CC2)n1. The molecule has 2 amide bonds. The molecule has 2 heterocycles. The van der Waals surface area contributed by atoms with Gasteiger partial charge in [0, 0.05) is 37.1 Å². The van der Waals surface area contributed by atoms with Gasteiger partial charge in [-0.1, -0.05) is 13.8 Å². The number of amides is 2. The molecule has 2 rings (SSSR count). The van der Waals surface area contributed by atoms with Gasteiger partial charge in [-0.15, -0.1) is 0 Å². The molecule has 1 fully saturated rings. The minimum Gasteiger partial charge on any atom is -0.352 e. The molecule has 19 heavy (non-hydrogen) atoms. The highest BCUT2D eigenvalue weighted by atomic mass is 32.1. The number of hydrogen-bond acceptors (Lipinski definition) is 5. The minimum absolute atomic E-state index is 0.191. The van der Waals surface area contributed by atoms with Crippen LogP contribution in [0.15, 0.2) is 0 Å². The van der Waals surface area contributed by atoms with E-state index in [0.717, 1.165) is 43.3 Å². The number of hydrogen-bond donors (Lipinski definition) is 2. The Bertz CT molecular complexity index is 426. The highest BCUT2D eigenvalue weighted by molar-refractivity contribution is 7.09. The normalized spacial score (nSPS) is 16.9. The molecule has 0 bridgehead atoms. The molecule has 1 aromatic rings. The second kappa shape index (κ2) is 6.18. The Hall–Kier alpha value is -1.37. The van der Waals surface area contributed by atoms with Crippen LogP contribution in [-0.4, -0.2) is 34.5 Å². The molecular formula is C12H21N5OS. The molecule has 106 valence electrons. The maximum Gasteiger partial charge on any atom is 0.312 e. The number of urea groups is 1. The highest BCUT2D eigenvalue weighted by Gasteiger charge is 2.22. The number of anilines is 1. The van der Waals surface area contributed by atoms with Crippen LogP contribution in [0, 0.1) is 5.92 Å². The summed E-state index contributed by atoms with van der Waals surface area (Å²) in [4.78, 5) is 17.6. The van der Waals surface area contributed by atoms with Gasteiger partial charge in [-0.05, 0) is 18.8 Å². The van der Waals surface area contributed by atoms with Crippen molar-refractivity contribution in [3.8, 4) is 0 Å². The van der Waals surface area contributed by atoms with E-state index in [1.54, 1.807) is 0 Å². The number of aromatic nitrogens is 2. The Labute approximate surface area is 117 Å². The quantitative estimate of drug-likeness (QED) is 0.874. The van der Waals surface area contributed by atoms with E-state index in [1.165, 1.54) is 11.5 Å². The summed E-state index contributed by atoms with van der Waals surface area (Å²) >= 11 is 1.47. The summed E-state index contributed by atoms with van der Waals surface area (Å²) in [5, 5.41) is 3.76. The van der Waals surface area contributed by atoms with Gasteiger partial charge in [-0.25, -0.2) is 9.78 Å². The van der Waals surface area contributed by atoms with E-state index in [2.05, 4.69) is 33.4 Å². The number of nitrogens with two attached hydrogens (primary N) is 1. The van der Waals surface area contributed by atoms with Crippen molar-refractivity contribution < 1.29 is 4.79 Å². The topological polar surface area (TPSA) is 84.1 Å². The van der Waals surface area contributed by atoms with Crippen LogP contribution >= 0.6 is 11.5 Å². The monoisotopic (exact) mass is 283 g/mol. The fraction of sp³-hybridized carbons (Fsp3) is 0.750. The molecule has 7 heteroatoms. The van der Waals surface area contributed by atoms with E-state index in [9.17, 15) is 4.79 Å². The van der Waals surface area contributed by atoms with Crippen molar-refractivity contribution in [1.82, 2.24) is 14.7 Å². The number of primary amides is 1. The molecule has 1 aromatic heterocycles. The van der Waals surface area contributed by atoms with Crippen molar-refractivity contribution in [3.63, 3.8) is 0 Å². The van der Waals surface area contributed by atoms with Gasteiger partial charge in [0.1, 0.15) is 5.82 Å². The average Bonchev–Trinajstić information content (AvgIpc) is 2.76. The van der Waals surface area contributed by atoms with Crippen LogP contribution in [0.2, 0.25) is 0 Å². The molecule has 0 unspecified atom stereocenters. The summed E-state index contributed by atoms with van der Waals surface area (Å²) in [5.74, 6) is 1.51. The first-order valence-electron chi connectivity index (χ1n) is 6.68. The zero-order valence-corrected chi connectivity index (χ0v) is 12.2. The number of piperidine rings is 1.